The fourth-order valence-corrected chi connectivity index (χ4v) is 4.62. The molecule has 6 nitrogen and oxygen atoms in total. The second-order valence-electron chi connectivity index (χ2n) is 9.81. The predicted octanol–water partition coefficient (Wildman–Crippen LogP) is 4.99. The molecule has 0 saturated heterocycles. The highest BCUT2D eigenvalue weighted by Gasteiger charge is 2.52. The molecule has 2 aromatic carbocycles. The van der Waals surface area contributed by atoms with Gasteiger partial charge in [-0.2, -0.15) is 0 Å². The number of hydrogen-bond donors (Lipinski definition) is 2. The number of aliphatic hydroxyl groups is 2. The van der Waals surface area contributed by atoms with Crippen molar-refractivity contribution in [3.63, 3.8) is 0 Å². The number of ether oxygens (including phenoxy) is 2. The van der Waals surface area contributed by atoms with Gasteiger partial charge in [-0.1, -0.05) is 26.8 Å². The summed E-state index contributed by atoms with van der Waals surface area (Å²) in [6.45, 7) is 0.00634. The Kier molecular flexibility index (Phi) is 4.14. The van der Waals surface area contributed by atoms with Crippen molar-refractivity contribution in [1.82, 2.24) is 4.57 Å². The summed E-state index contributed by atoms with van der Waals surface area (Å²) in [7, 11) is 0. The van der Waals surface area contributed by atoms with Crippen molar-refractivity contribution in [3.8, 4) is 11.5 Å². The average Bonchev–Trinajstić information content (AvgIpc) is 3.51. The highest BCUT2D eigenvalue weighted by atomic mass is 19.3. The number of nitrogens with zero attached hydrogens (tertiary/aromatic N) is 1. The third-order valence-corrected chi connectivity index (χ3v) is 7.07. The molecule has 2 aliphatic rings. The molecular formula is C28H30F3NO5. The minimum absolute atomic E-state index is 0.0181. The van der Waals surface area contributed by atoms with Gasteiger partial charge in [-0.25, -0.2) is 4.39 Å². The van der Waals surface area contributed by atoms with E-state index in [2.05, 4.69) is 9.47 Å². The molecule has 0 amide bonds. The summed E-state index contributed by atoms with van der Waals surface area (Å²) in [6, 6.07) is 1.57. The van der Waals surface area contributed by atoms with Crippen LogP contribution in [0.1, 0.15) is 67.8 Å². The lowest BCUT2D eigenvalue weighted by molar-refractivity contribution is -0.286. The maximum atomic E-state index is 15.7. The van der Waals surface area contributed by atoms with Crippen LogP contribution >= 0.6 is 0 Å². The van der Waals surface area contributed by atoms with Gasteiger partial charge in [0, 0.05) is 25.7 Å². The zero-order chi connectivity index (χ0) is 33.9. The number of aromatic nitrogens is 1. The van der Waals surface area contributed by atoms with E-state index in [4.69, 9.17) is 11.0 Å². The van der Waals surface area contributed by atoms with Gasteiger partial charge in [0.15, 0.2) is 11.5 Å². The van der Waals surface area contributed by atoms with Crippen LogP contribution in [-0.4, -0.2) is 39.5 Å². The number of carbonyl (C=O) groups excluding carboxylic acids is 1. The molecule has 1 atom stereocenters. The molecule has 1 aliphatic carbocycles. The maximum absolute atomic E-state index is 15.7. The third kappa shape index (κ3) is 4.48. The standard InChI is InChI=1S/C28H30F3NO5/c1-4-26(2,3)24-10-17-9-16(20(29)13-21(17)32(24)14-19(34)15-33)11-25(35)27(7-8-27)18-5-6-22-23(12-18)37-28(30,31)36-22/h5-6,9-10,12-13,19,33-34H,4,7-8,11,14-15H2,1-3H3/t19-/m0/s1/i4D2,5D,6D,12D,15D2,19D. The lowest BCUT2D eigenvalue weighted by Gasteiger charge is -2.26. The SMILES string of the molecule is [2H]c1c([2H])c(C2(C(=O)Cc3cc4cc(C(C)(C)C([2H])([2H])C)n(C[C@]([2H])(O)C([2H])([2H])O)c4cc3F)CC2)c([2H])c2c1OC(F)(F)O2. The highest BCUT2D eigenvalue weighted by molar-refractivity contribution is 5.95. The summed E-state index contributed by atoms with van der Waals surface area (Å²) >= 11 is 0. The number of carbonyl (C=O) groups is 1. The number of rotatable bonds is 9. The topological polar surface area (TPSA) is 80.9 Å². The number of hydrogen-bond acceptors (Lipinski definition) is 5. The van der Waals surface area contributed by atoms with Crippen LogP contribution in [0, 0.1) is 5.82 Å². The van der Waals surface area contributed by atoms with Crippen LogP contribution in [0.4, 0.5) is 13.2 Å². The maximum Gasteiger partial charge on any atom is 0.586 e. The van der Waals surface area contributed by atoms with Crippen LogP contribution in [0.2, 0.25) is 0 Å². The number of Topliss-reactive ketones (excluding diaryl/α,β-unsaturated/α-hetero) is 1. The van der Waals surface area contributed by atoms with Crippen LogP contribution in [0.3, 0.4) is 0 Å². The minimum atomic E-state index is -4.16. The Morgan fingerprint density at radius 2 is 1.97 bits per heavy atom. The van der Waals surface area contributed by atoms with Crippen molar-refractivity contribution in [3.05, 3.63) is 59.0 Å². The Morgan fingerprint density at radius 1 is 1.27 bits per heavy atom. The van der Waals surface area contributed by atoms with Gasteiger partial charge >= 0.3 is 6.29 Å². The molecule has 1 aromatic heterocycles. The summed E-state index contributed by atoms with van der Waals surface area (Å²) in [5.41, 5.74) is -3.17. The largest absolute Gasteiger partial charge is 0.586 e. The number of alkyl halides is 2. The summed E-state index contributed by atoms with van der Waals surface area (Å²) in [6.07, 6.45) is -9.56. The van der Waals surface area contributed by atoms with E-state index in [0.717, 1.165) is 10.6 Å². The van der Waals surface area contributed by atoms with Crippen molar-refractivity contribution < 1.29 is 48.6 Å². The molecule has 0 bridgehead atoms. The van der Waals surface area contributed by atoms with Crippen molar-refractivity contribution >= 4 is 16.7 Å². The smallest absolute Gasteiger partial charge is 0.395 e. The molecule has 0 unspecified atom stereocenters. The van der Waals surface area contributed by atoms with E-state index in [9.17, 15) is 23.8 Å². The lowest BCUT2D eigenvalue weighted by atomic mass is 9.86. The highest BCUT2D eigenvalue weighted by Crippen LogP contribution is 2.52. The fourth-order valence-electron chi connectivity index (χ4n) is 4.62. The summed E-state index contributed by atoms with van der Waals surface area (Å²) in [4.78, 5) is 13.7. The average molecular weight is 526 g/mol. The van der Waals surface area contributed by atoms with E-state index in [-0.39, 0.29) is 40.6 Å². The zero-order valence-corrected chi connectivity index (χ0v) is 20.3. The van der Waals surface area contributed by atoms with E-state index < -0.39 is 90.3 Å². The van der Waals surface area contributed by atoms with Crippen LogP contribution in [0.15, 0.2) is 36.3 Å². The van der Waals surface area contributed by atoms with Crippen LogP contribution in [-0.2, 0) is 28.6 Å². The normalized spacial score (nSPS) is 23.0. The van der Waals surface area contributed by atoms with Gasteiger partial charge in [0.05, 0.1) is 38.3 Å². The predicted molar refractivity (Wildman–Crippen MR) is 131 cm³/mol. The zero-order valence-electron chi connectivity index (χ0n) is 28.3. The molecule has 1 aliphatic heterocycles. The van der Waals surface area contributed by atoms with Gasteiger partial charge in [-0.15, -0.1) is 8.78 Å². The third-order valence-electron chi connectivity index (χ3n) is 7.07. The first-order valence-corrected chi connectivity index (χ1v) is 11.5. The molecule has 1 saturated carbocycles. The number of benzene rings is 2. The molecular weight excluding hydrogens is 487 g/mol. The Balaban J connectivity index is 1.58. The van der Waals surface area contributed by atoms with E-state index in [1.807, 2.05) is 0 Å². The molecule has 1 fully saturated rings. The minimum Gasteiger partial charge on any atom is -0.395 e. The quantitative estimate of drug-likeness (QED) is 0.412. The molecule has 0 radical (unpaired) electrons. The van der Waals surface area contributed by atoms with E-state index in [0.29, 0.717) is 0 Å². The molecule has 198 valence electrons. The number of fused-ring (bicyclic) bond motifs is 2. The van der Waals surface area contributed by atoms with Gasteiger partial charge < -0.3 is 24.3 Å². The van der Waals surface area contributed by atoms with Gasteiger partial charge in [0.25, 0.3) is 0 Å². The Hall–Kier alpha value is -3.04. The van der Waals surface area contributed by atoms with E-state index in [1.165, 1.54) is 32.9 Å². The van der Waals surface area contributed by atoms with Gasteiger partial charge in [0.1, 0.15) is 11.6 Å². The van der Waals surface area contributed by atoms with Gasteiger partial charge in [-0.3, -0.25) is 4.79 Å². The molecule has 0 spiro atoms. The Bertz CT molecular complexity index is 1740. The summed E-state index contributed by atoms with van der Waals surface area (Å²) < 4.78 is 118. The van der Waals surface area contributed by atoms with Crippen molar-refractivity contribution in [1.29, 1.82) is 0 Å². The van der Waals surface area contributed by atoms with E-state index in [1.54, 1.807) is 0 Å². The van der Waals surface area contributed by atoms with Crippen molar-refractivity contribution in [2.75, 3.05) is 6.56 Å². The monoisotopic (exact) mass is 525 g/mol. The molecule has 2 heterocycles. The lowest BCUT2D eigenvalue weighted by Crippen LogP contribution is -2.26. The number of ketones is 1. The first kappa shape index (κ1) is 17.5. The van der Waals surface area contributed by atoms with Crippen molar-refractivity contribution in [2.45, 2.75) is 76.2 Å². The van der Waals surface area contributed by atoms with Crippen LogP contribution < -0.4 is 9.47 Å². The number of halogens is 3. The van der Waals surface area contributed by atoms with Gasteiger partial charge in [0.2, 0.25) is 0 Å². The Labute approximate surface area is 223 Å². The van der Waals surface area contributed by atoms with Crippen LogP contribution in [0.25, 0.3) is 10.9 Å². The summed E-state index contributed by atoms with van der Waals surface area (Å²) in [5, 5.41) is 20.5. The summed E-state index contributed by atoms with van der Waals surface area (Å²) in [5.74, 6) is -3.13. The molecule has 37 heavy (non-hydrogen) atoms. The Morgan fingerprint density at radius 3 is 2.62 bits per heavy atom. The van der Waals surface area contributed by atoms with E-state index >= 15 is 4.39 Å². The first-order chi connectivity index (χ1) is 20.3. The van der Waals surface area contributed by atoms with Crippen LogP contribution in [0.5, 0.6) is 11.5 Å². The molecule has 5 rings (SSSR count). The molecule has 3 aromatic rings. The first-order valence-electron chi connectivity index (χ1n) is 15.5. The molecule has 9 heteroatoms. The van der Waals surface area contributed by atoms with Crippen molar-refractivity contribution in [2.24, 2.45) is 0 Å². The molecule has 2 N–H and O–H groups in total. The second-order valence-corrected chi connectivity index (χ2v) is 9.81. The second kappa shape index (κ2) is 8.77. The fraction of sp³-hybridized carbons (Fsp3) is 0.464. The van der Waals surface area contributed by atoms with Gasteiger partial charge in [-0.05, 0) is 60.6 Å².